The second-order valence-electron chi connectivity index (χ2n) is 2.08. The Morgan fingerprint density at radius 1 is 1.46 bits per heavy atom. The molecule has 0 spiro atoms. The Morgan fingerprint density at radius 2 is 2.00 bits per heavy atom. The molecule has 7 heteroatoms. The quantitative estimate of drug-likeness (QED) is 0.563. The van der Waals surface area contributed by atoms with Gasteiger partial charge in [-0.3, -0.25) is 0 Å². The molecule has 1 heterocycles. The Kier molecular flexibility index (Phi) is 5.33. The van der Waals surface area contributed by atoms with E-state index in [1.54, 1.807) is 0 Å². The Labute approximate surface area is 72.9 Å². The Balaban J connectivity index is 0.000000310. The maximum absolute atomic E-state index is 12.3. The minimum atomic E-state index is -1.83. The van der Waals surface area contributed by atoms with Gasteiger partial charge in [0.2, 0.25) is 0 Å². The van der Waals surface area contributed by atoms with Crippen molar-refractivity contribution in [3.05, 3.63) is 0 Å². The number of rotatable bonds is 0. The molecule has 13 heavy (non-hydrogen) atoms. The molecule has 0 radical (unpaired) electrons. The molecule has 0 aromatic carbocycles. The molecule has 0 aromatic heterocycles. The first-order valence-corrected chi connectivity index (χ1v) is 3.38. The van der Waals surface area contributed by atoms with Crippen LogP contribution >= 0.6 is 0 Å². The SMILES string of the molecule is O=C(O)O.O=C1OCCC(F)CO1. The summed E-state index contributed by atoms with van der Waals surface area (Å²) in [5.41, 5.74) is 0. The van der Waals surface area contributed by atoms with Gasteiger partial charge in [-0.25, -0.2) is 14.0 Å². The lowest BCUT2D eigenvalue weighted by Crippen LogP contribution is -2.08. The third-order valence-electron chi connectivity index (χ3n) is 1.03. The number of hydrogen-bond donors (Lipinski definition) is 2. The van der Waals surface area contributed by atoms with Gasteiger partial charge in [0.1, 0.15) is 12.8 Å². The van der Waals surface area contributed by atoms with Gasteiger partial charge in [-0.2, -0.15) is 0 Å². The summed E-state index contributed by atoms with van der Waals surface area (Å²) >= 11 is 0. The third-order valence-corrected chi connectivity index (χ3v) is 1.03. The van der Waals surface area contributed by atoms with Gasteiger partial charge in [0.25, 0.3) is 0 Å². The zero-order chi connectivity index (χ0) is 10.3. The summed E-state index contributed by atoms with van der Waals surface area (Å²) in [4.78, 5) is 18.8. The fraction of sp³-hybridized carbons (Fsp3) is 0.667. The highest BCUT2D eigenvalue weighted by molar-refractivity contribution is 5.60. The average Bonchev–Trinajstić information content (AvgIpc) is 2.15. The Bertz CT molecular complexity index is 178. The van der Waals surface area contributed by atoms with Crippen LogP contribution in [0.4, 0.5) is 14.0 Å². The molecule has 2 N–H and O–H groups in total. The van der Waals surface area contributed by atoms with E-state index in [2.05, 4.69) is 9.47 Å². The minimum Gasteiger partial charge on any atom is -0.450 e. The lowest BCUT2D eigenvalue weighted by atomic mass is 10.3. The molecule has 0 bridgehead atoms. The first kappa shape index (κ1) is 11.5. The van der Waals surface area contributed by atoms with Crippen LogP contribution in [0, 0.1) is 0 Å². The third kappa shape index (κ3) is 8.38. The fourth-order valence-electron chi connectivity index (χ4n) is 0.554. The van der Waals surface area contributed by atoms with Crippen LogP contribution in [-0.4, -0.2) is 41.9 Å². The zero-order valence-corrected chi connectivity index (χ0v) is 6.60. The molecule has 1 aliphatic heterocycles. The predicted molar refractivity (Wildman–Crippen MR) is 37.5 cm³/mol. The average molecular weight is 196 g/mol. The Hall–Kier alpha value is -1.53. The molecule has 1 saturated heterocycles. The van der Waals surface area contributed by atoms with E-state index in [9.17, 15) is 9.18 Å². The highest BCUT2D eigenvalue weighted by Gasteiger charge is 2.16. The van der Waals surface area contributed by atoms with Crippen LogP contribution in [0.3, 0.4) is 0 Å². The second kappa shape index (κ2) is 6.04. The molecule has 6 nitrogen and oxygen atoms in total. The number of carbonyl (C=O) groups is 2. The second-order valence-corrected chi connectivity index (χ2v) is 2.08. The molecule has 0 amide bonds. The molecule has 0 saturated carbocycles. The van der Waals surface area contributed by atoms with Gasteiger partial charge in [0.05, 0.1) is 6.61 Å². The van der Waals surface area contributed by atoms with Crippen LogP contribution in [0.15, 0.2) is 0 Å². The summed E-state index contributed by atoms with van der Waals surface area (Å²) in [7, 11) is 0. The van der Waals surface area contributed by atoms with Crippen molar-refractivity contribution in [2.24, 2.45) is 0 Å². The number of alkyl halides is 1. The smallest absolute Gasteiger partial charge is 0.450 e. The van der Waals surface area contributed by atoms with Crippen molar-refractivity contribution in [1.82, 2.24) is 0 Å². The maximum Gasteiger partial charge on any atom is 0.508 e. The number of hydrogen-bond acceptors (Lipinski definition) is 4. The molecular formula is C6H9FO6. The Morgan fingerprint density at radius 3 is 2.54 bits per heavy atom. The van der Waals surface area contributed by atoms with Crippen LogP contribution in [0.25, 0.3) is 0 Å². The van der Waals surface area contributed by atoms with Gasteiger partial charge >= 0.3 is 12.3 Å². The monoisotopic (exact) mass is 196 g/mol. The van der Waals surface area contributed by atoms with Gasteiger partial charge < -0.3 is 19.7 Å². The fourth-order valence-corrected chi connectivity index (χ4v) is 0.554. The lowest BCUT2D eigenvalue weighted by molar-refractivity contribution is 0.0672. The first-order valence-electron chi connectivity index (χ1n) is 3.38. The van der Waals surface area contributed by atoms with E-state index < -0.39 is 18.5 Å². The van der Waals surface area contributed by atoms with Crippen LogP contribution in [0.2, 0.25) is 0 Å². The van der Waals surface area contributed by atoms with Crippen molar-refractivity contribution in [1.29, 1.82) is 0 Å². The highest BCUT2D eigenvalue weighted by Crippen LogP contribution is 2.04. The van der Waals surface area contributed by atoms with Gasteiger partial charge in [-0.15, -0.1) is 0 Å². The molecular weight excluding hydrogens is 187 g/mol. The van der Waals surface area contributed by atoms with Crippen LogP contribution in [0.1, 0.15) is 6.42 Å². The number of cyclic esters (lactones) is 2. The van der Waals surface area contributed by atoms with Gasteiger partial charge in [-0.1, -0.05) is 0 Å². The number of carbonyl (C=O) groups excluding carboxylic acids is 1. The molecule has 0 aromatic rings. The molecule has 1 fully saturated rings. The normalized spacial score (nSPS) is 21.3. The van der Waals surface area contributed by atoms with Crippen LogP contribution in [0.5, 0.6) is 0 Å². The molecule has 1 aliphatic rings. The van der Waals surface area contributed by atoms with E-state index in [1.165, 1.54) is 0 Å². The first-order chi connectivity index (χ1) is 6.02. The lowest BCUT2D eigenvalue weighted by Gasteiger charge is -1.97. The maximum atomic E-state index is 12.3. The number of ether oxygens (including phenoxy) is 2. The summed E-state index contributed by atoms with van der Waals surface area (Å²) in [5.74, 6) is 0. The van der Waals surface area contributed by atoms with Gasteiger partial charge in [0, 0.05) is 6.42 Å². The molecule has 0 aliphatic carbocycles. The summed E-state index contributed by atoms with van der Waals surface area (Å²) in [6, 6.07) is 0. The molecule has 1 atom stereocenters. The van der Waals surface area contributed by atoms with Crippen LogP contribution < -0.4 is 0 Å². The van der Waals surface area contributed by atoms with E-state index in [4.69, 9.17) is 15.0 Å². The standard InChI is InChI=1S/C5H7FO3.CH2O3/c6-4-1-2-8-5(7)9-3-4;2-1(3)4/h4H,1-3H2;(H2,2,3,4). The van der Waals surface area contributed by atoms with Crippen molar-refractivity contribution >= 4 is 12.3 Å². The summed E-state index contributed by atoms with van der Waals surface area (Å²) in [6.07, 6.45) is -3.42. The predicted octanol–water partition coefficient (Wildman–Crippen LogP) is 1.10. The molecule has 1 unspecified atom stereocenters. The van der Waals surface area contributed by atoms with E-state index in [1.807, 2.05) is 0 Å². The van der Waals surface area contributed by atoms with Crippen molar-refractivity contribution < 1.29 is 33.7 Å². The van der Waals surface area contributed by atoms with E-state index in [-0.39, 0.29) is 19.6 Å². The van der Waals surface area contributed by atoms with Crippen molar-refractivity contribution in [2.75, 3.05) is 13.2 Å². The molecule has 1 rings (SSSR count). The summed E-state index contributed by atoms with van der Waals surface area (Å²) in [5, 5.41) is 13.9. The minimum absolute atomic E-state index is 0.125. The zero-order valence-electron chi connectivity index (χ0n) is 6.60. The summed E-state index contributed by atoms with van der Waals surface area (Å²) in [6.45, 7) is -0.0428. The van der Waals surface area contributed by atoms with Crippen molar-refractivity contribution in [2.45, 2.75) is 12.6 Å². The highest BCUT2D eigenvalue weighted by atomic mass is 19.1. The van der Waals surface area contributed by atoms with Crippen molar-refractivity contribution in [3.8, 4) is 0 Å². The number of halogens is 1. The largest absolute Gasteiger partial charge is 0.508 e. The topological polar surface area (TPSA) is 93.1 Å². The van der Waals surface area contributed by atoms with E-state index in [0.29, 0.717) is 0 Å². The van der Waals surface area contributed by atoms with E-state index >= 15 is 0 Å². The molecule has 76 valence electrons. The van der Waals surface area contributed by atoms with E-state index in [0.717, 1.165) is 0 Å². The summed E-state index contributed by atoms with van der Waals surface area (Å²) < 4.78 is 20.9. The van der Waals surface area contributed by atoms with Gasteiger partial charge in [-0.05, 0) is 0 Å². The van der Waals surface area contributed by atoms with Gasteiger partial charge in [0.15, 0.2) is 0 Å². The van der Waals surface area contributed by atoms with Crippen molar-refractivity contribution in [3.63, 3.8) is 0 Å². The van der Waals surface area contributed by atoms with Crippen LogP contribution in [-0.2, 0) is 9.47 Å². The number of carboxylic acid groups (broad SMARTS) is 2.